The van der Waals surface area contributed by atoms with Crippen LogP contribution in [-0.2, 0) is 9.53 Å². The van der Waals surface area contributed by atoms with Crippen LogP contribution in [-0.4, -0.2) is 59.9 Å². The third-order valence-corrected chi connectivity index (χ3v) is 4.64. The van der Waals surface area contributed by atoms with E-state index in [1.807, 2.05) is 0 Å². The molecule has 0 aromatic rings. The molecule has 116 valence electrons. The fraction of sp³-hybridized carbons (Fsp3) is 0.933. The summed E-state index contributed by atoms with van der Waals surface area (Å²) in [5.41, 5.74) is -0.702. The zero-order chi connectivity index (χ0) is 14.8. The first kappa shape index (κ1) is 15.7. The maximum atomic E-state index is 11.7. The van der Waals surface area contributed by atoms with Crippen LogP contribution in [0, 0.1) is 0 Å². The molecule has 0 bridgehead atoms. The van der Waals surface area contributed by atoms with Crippen LogP contribution in [0.25, 0.3) is 0 Å². The maximum Gasteiger partial charge on any atom is 0.323 e. The molecule has 0 amide bonds. The first-order chi connectivity index (χ1) is 9.48. The van der Waals surface area contributed by atoms with Crippen molar-refractivity contribution in [3.8, 4) is 0 Å². The molecule has 2 unspecified atom stereocenters. The van der Waals surface area contributed by atoms with Gasteiger partial charge in [0, 0.05) is 31.8 Å². The Balaban J connectivity index is 2.01. The second-order valence-corrected chi connectivity index (χ2v) is 6.53. The van der Waals surface area contributed by atoms with Gasteiger partial charge in [0.25, 0.3) is 0 Å². The van der Waals surface area contributed by atoms with Gasteiger partial charge in [-0.1, -0.05) is 0 Å². The van der Waals surface area contributed by atoms with E-state index < -0.39 is 11.5 Å². The first-order valence-electron chi connectivity index (χ1n) is 7.74. The highest BCUT2D eigenvalue weighted by atomic mass is 16.5. The van der Waals surface area contributed by atoms with E-state index in [0.29, 0.717) is 31.2 Å². The van der Waals surface area contributed by atoms with Crippen LogP contribution >= 0.6 is 0 Å². The summed E-state index contributed by atoms with van der Waals surface area (Å²) in [6, 6.07) is 1.18. The van der Waals surface area contributed by atoms with Gasteiger partial charge in [0.05, 0.1) is 6.61 Å². The van der Waals surface area contributed by atoms with Crippen molar-refractivity contribution in [2.24, 2.45) is 0 Å². The van der Waals surface area contributed by atoms with Crippen molar-refractivity contribution < 1.29 is 14.6 Å². The number of carbonyl (C=O) groups is 1. The number of carboxylic acid groups (broad SMARTS) is 1. The number of carboxylic acids is 1. The fourth-order valence-corrected chi connectivity index (χ4v) is 3.37. The van der Waals surface area contributed by atoms with Gasteiger partial charge in [0.1, 0.15) is 5.54 Å². The Kier molecular flexibility index (Phi) is 5.04. The fourth-order valence-electron chi connectivity index (χ4n) is 3.37. The van der Waals surface area contributed by atoms with Gasteiger partial charge in [0.2, 0.25) is 0 Å². The highest BCUT2D eigenvalue weighted by Gasteiger charge is 2.49. The molecule has 2 atom stereocenters. The molecule has 20 heavy (non-hydrogen) atoms. The second kappa shape index (κ2) is 6.41. The number of nitrogens with zero attached hydrogens (tertiary/aromatic N) is 1. The molecule has 0 spiro atoms. The van der Waals surface area contributed by atoms with Gasteiger partial charge in [-0.15, -0.1) is 0 Å². The van der Waals surface area contributed by atoms with Crippen LogP contribution in [0.15, 0.2) is 0 Å². The number of hydrogen-bond acceptors (Lipinski definition) is 4. The number of ether oxygens (including phenoxy) is 1. The molecular weight excluding hydrogens is 256 g/mol. The molecule has 0 aromatic heterocycles. The van der Waals surface area contributed by atoms with E-state index in [1.165, 1.54) is 0 Å². The van der Waals surface area contributed by atoms with Crippen LogP contribution in [0.1, 0.15) is 46.0 Å². The molecular formula is C15H28N2O3. The smallest absolute Gasteiger partial charge is 0.323 e. The van der Waals surface area contributed by atoms with Crippen molar-refractivity contribution in [2.75, 3.05) is 20.3 Å². The Bertz CT molecular complexity index is 344. The molecule has 0 radical (unpaired) electrons. The second-order valence-electron chi connectivity index (χ2n) is 6.53. The van der Waals surface area contributed by atoms with Gasteiger partial charge in [-0.25, -0.2) is 0 Å². The lowest BCUT2D eigenvalue weighted by atomic mass is 9.97. The lowest BCUT2D eigenvalue weighted by Gasteiger charge is -2.34. The van der Waals surface area contributed by atoms with Gasteiger partial charge < -0.3 is 9.84 Å². The Labute approximate surface area is 121 Å². The van der Waals surface area contributed by atoms with E-state index in [2.05, 4.69) is 24.1 Å². The maximum absolute atomic E-state index is 11.7. The van der Waals surface area contributed by atoms with Crippen LogP contribution < -0.4 is 5.32 Å². The zero-order valence-corrected chi connectivity index (χ0v) is 12.9. The average Bonchev–Trinajstić information content (AvgIpc) is 3.08. The van der Waals surface area contributed by atoms with Crippen LogP contribution in [0.3, 0.4) is 0 Å². The topological polar surface area (TPSA) is 61.8 Å². The molecule has 0 heterocycles. The Morgan fingerprint density at radius 3 is 2.65 bits per heavy atom. The molecule has 0 aliphatic heterocycles. The number of nitrogens with one attached hydrogen (secondary N) is 1. The zero-order valence-electron chi connectivity index (χ0n) is 12.9. The SMILES string of the molecule is COCCN(C(C)C)C1CCC(NC2CC2)(C(=O)O)C1. The van der Waals surface area contributed by atoms with Crippen molar-refractivity contribution in [1.29, 1.82) is 0 Å². The standard InChI is InChI=1S/C15H28N2O3/c1-11(2)17(8-9-20-3)13-6-7-15(10-13,14(18)19)16-12-4-5-12/h11-13,16H,4-10H2,1-3H3,(H,18,19). The van der Waals surface area contributed by atoms with E-state index in [4.69, 9.17) is 4.74 Å². The van der Waals surface area contributed by atoms with Crippen LogP contribution in [0.4, 0.5) is 0 Å². The average molecular weight is 284 g/mol. The molecule has 0 saturated heterocycles. The quantitative estimate of drug-likeness (QED) is 0.707. The molecule has 2 aliphatic carbocycles. The van der Waals surface area contributed by atoms with E-state index in [-0.39, 0.29) is 0 Å². The van der Waals surface area contributed by atoms with Crippen molar-refractivity contribution in [3.05, 3.63) is 0 Å². The third-order valence-electron chi connectivity index (χ3n) is 4.64. The number of aliphatic carboxylic acids is 1. The lowest BCUT2D eigenvalue weighted by molar-refractivity contribution is -0.145. The van der Waals surface area contributed by atoms with E-state index in [1.54, 1.807) is 7.11 Å². The van der Waals surface area contributed by atoms with Gasteiger partial charge >= 0.3 is 5.97 Å². The first-order valence-corrected chi connectivity index (χ1v) is 7.74. The predicted molar refractivity (Wildman–Crippen MR) is 77.9 cm³/mol. The van der Waals surface area contributed by atoms with Crippen LogP contribution in [0.2, 0.25) is 0 Å². The summed E-state index contributed by atoms with van der Waals surface area (Å²) in [5.74, 6) is -0.678. The molecule has 5 heteroatoms. The van der Waals surface area contributed by atoms with Gasteiger partial charge in [-0.3, -0.25) is 15.0 Å². The molecule has 2 saturated carbocycles. The van der Waals surface area contributed by atoms with Gasteiger partial charge in [-0.05, 0) is 46.0 Å². The van der Waals surface area contributed by atoms with E-state index in [9.17, 15) is 9.90 Å². The largest absolute Gasteiger partial charge is 0.480 e. The number of rotatable bonds is 8. The van der Waals surface area contributed by atoms with Crippen molar-refractivity contribution >= 4 is 5.97 Å². The summed E-state index contributed by atoms with van der Waals surface area (Å²) in [7, 11) is 1.71. The minimum atomic E-state index is -0.702. The summed E-state index contributed by atoms with van der Waals surface area (Å²) in [6.07, 6.45) is 4.64. The Morgan fingerprint density at radius 2 is 2.15 bits per heavy atom. The molecule has 2 aliphatic rings. The lowest BCUT2D eigenvalue weighted by Crippen LogP contribution is -2.53. The predicted octanol–water partition coefficient (Wildman–Crippen LogP) is 1.47. The summed E-state index contributed by atoms with van der Waals surface area (Å²) in [5, 5.41) is 13.0. The van der Waals surface area contributed by atoms with Crippen molar-refractivity contribution in [3.63, 3.8) is 0 Å². The number of hydrogen-bond donors (Lipinski definition) is 2. The van der Waals surface area contributed by atoms with Crippen LogP contribution in [0.5, 0.6) is 0 Å². The minimum absolute atomic E-state index is 0.340. The van der Waals surface area contributed by atoms with Gasteiger partial charge in [0.15, 0.2) is 0 Å². The Hall–Kier alpha value is -0.650. The van der Waals surface area contributed by atoms with E-state index >= 15 is 0 Å². The highest BCUT2D eigenvalue weighted by Crippen LogP contribution is 2.37. The summed E-state index contributed by atoms with van der Waals surface area (Å²) >= 11 is 0. The van der Waals surface area contributed by atoms with Gasteiger partial charge in [-0.2, -0.15) is 0 Å². The molecule has 2 N–H and O–H groups in total. The Morgan fingerprint density at radius 1 is 1.45 bits per heavy atom. The molecule has 0 aromatic carbocycles. The highest BCUT2D eigenvalue weighted by molar-refractivity contribution is 5.79. The molecule has 2 rings (SSSR count). The monoisotopic (exact) mass is 284 g/mol. The molecule has 5 nitrogen and oxygen atoms in total. The molecule has 2 fully saturated rings. The number of methoxy groups -OCH3 is 1. The minimum Gasteiger partial charge on any atom is -0.480 e. The summed E-state index contributed by atoms with van der Waals surface area (Å²) < 4.78 is 5.18. The van der Waals surface area contributed by atoms with Crippen molar-refractivity contribution in [1.82, 2.24) is 10.2 Å². The normalized spacial score (nSPS) is 30.4. The van der Waals surface area contributed by atoms with Crippen molar-refractivity contribution in [2.45, 2.75) is 69.6 Å². The summed E-state index contributed by atoms with van der Waals surface area (Å²) in [6.45, 7) is 5.91. The third kappa shape index (κ3) is 3.51. The summed E-state index contributed by atoms with van der Waals surface area (Å²) in [4.78, 5) is 14.1. The van der Waals surface area contributed by atoms with E-state index in [0.717, 1.165) is 32.2 Å².